The maximum Gasteiger partial charge on any atom is 0.342 e. The van der Waals surface area contributed by atoms with Gasteiger partial charge in [-0.3, -0.25) is 4.79 Å². The summed E-state index contributed by atoms with van der Waals surface area (Å²) in [6, 6.07) is 9.72. The Morgan fingerprint density at radius 3 is 2.71 bits per heavy atom. The zero-order valence-corrected chi connectivity index (χ0v) is 19.6. The molecular formula is C26H25FN4O4. The van der Waals surface area contributed by atoms with E-state index >= 15 is 0 Å². The molecule has 4 rings (SSSR count). The number of benzene rings is 2. The number of aliphatic hydroxyl groups is 1. The van der Waals surface area contributed by atoms with Crippen LogP contribution in [0.2, 0.25) is 0 Å². The molecule has 2 heterocycles. The second-order valence-corrected chi connectivity index (χ2v) is 8.80. The zero-order chi connectivity index (χ0) is 25.2. The lowest BCUT2D eigenvalue weighted by molar-refractivity contribution is -0.120. The quantitative estimate of drug-likeness (QED) is 0.567. The van der Waals surface area contributed by atoms with Crippen LogP contribution in [0.5, 0.6) is 5.75 Å². The fourth-order valence-electron chi connectivity index (χ4n) is 3.52. The van der Waals surface area contributed by atoms with E-state index in [9.17, 15) is 19.1 Å². The molecule has 2 N–H and O–H groups in total. The Morgan fingerprint density at radius 2 is 2.00 bits per heavy atom. The summed E-state index contributed by atoms with van der Waals surface area (Å²) < 4.78 is 20.0. The van der Waals surface area contributed by atoms with Gasteiger partial charge in [0.25, 0.3) is 5.91 Å². The highest BCUT2D eigenvalue weighted by Crippen LogP contribution is 2.31. The van der Waals surface area contributed by atoms with Crippen LogP contribution in [0.25, 0.3) is 0 Å². The van der Waals surface area contributed by atoms with Gasteiger partial charge in [-0.15, -0.1) is 0 Å². The van der Waals surface area contributed by atoms with Gasteiger partial charge < -0.3 is 20.1 Å². The van der Waals surface area contributed by atoms with E-state index in [4.69, 9.17) is 4.74 Å². The number of halogens is 1. The molecular weight excluding hydrogens is 451 g/mol. The van der Waals surface area contributed by atoms with Gasteiger partial charge in [-0.25, -0.2) is 9.18 Å². The number of aromatic nitrogens is 2. The summed E-state index contributed by atoms with van der Waals surface area (Å²) in [5, 5.41) is 16.6. The fourth-order valence-corrected chi connectivity index (χ4v) is 3.52. The number of hydrogen-bond acceptors (Lipinski definition) is 5. The van der Waals surface area contributed by atoms with Gasteiger partial charge in [0.15, 0.2) is 0 Å². The number of carbonyl (C=O) groups is 2. The number of rotatable bonds is 3. The van der Waals surface area contributed by atoms with Crippen molar-refractivity contribution in [1.82, 2.24) is 15.1 Å². The SMILES string of the molecule is CN1C(=O)[C@H](NC(=O)n2cc(Cc3ccc(F)cc3)cn2)COc2ccc(C#CC(C)(C)O)cc21. The first-order valence-electron chi connectivity index (χ1n) is 11.0. The van der Waals surface area contributed by atoms with Crippen LogP contribution in [-0.4, -0.2) is 52.1 Å². The lowest BCUT2D eigenvalue weighted by Gasteiger charge is -2.20. The van der Waals surface area contributed by atoms with Gasteiger partial charge in [-0.2, -0.15) is 9.78 Å². The molecule has 8 nitrogen and oxygen atoms in total. The van der Waals surface area contributed by atoms with Crippen LogP contribution in [0, 0.1) is 17.7 Å². The molecule has 0 saturated heterocycles. The summed E-state index contributed by atoms with van der Waals surface area (Å²) in [6.45, 7) is 3.11. The summed E-state index contributed by atoms with van der Waals surface area (Å²) >= 11 is 0. The molecule has 0 saturated carbocycles. The molecule has 9 heteroatoms. The monoisotopic (exact) mass is 476 g/mol. The number of nitrogens with one attached hydrogen (secondary N) is 1. The van der Waals surface area contributed by atoms with Crippen LogP contribution in [0.4, 0.5) is 14.9 Å². The van der Waals surface area contributed by atoms with Crippen LogP contribution < -0.4 is 15.0 Å². The Balaban J connectivity index is 1.45. The predicted octanol–water partition coefficient (Wildman–Crippen LogP) is 2.72. The Kier molecular flexibility index (Phi) is 6.58. The third-order valence-corrected chi connectivity index (χ3v) is 5.33. The maximum atomic E-state index is 13.1. The number of fused-ring (bicyclic) bond motifs is 1. The van der Waals surface area contributed by atoms with E-state index < -0.39 is 17.7 Å². The summed E-state index contributed by atoms with van der Waals surface area (Å²) in [5.41, 5.74) is 1.62. The van der Waals surface area contributed by atoms with Crippen molar-refractivity contribution >= 4 is 17.6 Å². The molecule has 0 radical (unpaired) electrons. The topological polar surface area (TPSA) is 96.7 Å². The van der Waals surface area contributed by atoms with Crippen molar-refractivity contribution in [3.63, 3.8) is 0 Å². The van der Waals surface area contributed by atoms with E-state index in [1.165, 1.54) is 17.0 Å². The van der Waals surface area contributed by atoms with Crippen LogP contribution in [0.1, 0.15) is 30.5 Å². The molecule has 180 valence electrons. The van der Waals surface area contributed by atoms with Crippen molar-refractivity contribution in [2.24, 2.45) is 0 Å². The van der Waals surface area contributed by atoms with E-state index in [1.807, 2.05) is 0 Å². The summed E-state index contributed by atoms with van der Waals surface area (Å²) in [6.07, 6.45) is 3.59. The van der Waals surface area contributed by atoms with Gasteiger partial charge >= 0.3 is 6.03 Å². The third kappa shape index (κ3) is 5.86. The first kappa shape index (κ1) is 24.0. The van der Waals surface area contributed by atoms with Crippen molar-refractivity contribution < 1.29 is 23.8 Å². The molecule has 35 heavy (non-hydrogen) atoms. The second-order valence-electron chi connectivity index (χ2n) is 8.80. The average Bonchev–Trinajstić information content (AvgIpc) is 3.25. The van der Waals surface area contributed by atoms with E-state index in [2.05, 4.69) is 22.3 Å². The van der Waals surface area contributed by atoms with E-state index in [0.29, 0.717) is 23.4 Å². The van der Waals surface area contributed by atoms with Gasteiger partial charge in [-0.1, -0.05) is 24.0 Å². The van der Waals surface area contributed by atoms with Gasteiger partial charge in [0, 0.05) is 25.2 Å². The van der Waals surface area contributed by atoms with Crippen LogP contribution >= 0.6 is 0 Å². The molecule has 2 aromatic carbocycles. The second kappa shape index (κ2) is 9.60. The van der Waals surface area contributed by atoms with E-state index in [-0.39, 0.29) is 18.3 Å². The van der Waals surface area contributed by atoms with Crippen molar-refractivity contribution in [2.45, 2.75) is 31.9 Å². The molecule has 1 aromatic heterocycles. The van der Waals surface area contributed by atoms with Crippen LogP contribution in [-0.2, 0) is 11.2 Å². The largest absolute Gasteiger partial charge is 0.489 e. The first-order chi connectivity index (χ1) is 16.6. The Labute approximate surface area is 202 Å². The summed E-state index contributed by atoms with van der Waals surface area (Å²) in [7, 11) is 1.59. The molecule has 2 amide bonds. The number of amides is 2. The third-order valence-electron chi connectivity index (χ3n) is 5.33. The lowest BCUT2D eigenvalue weighted by Crippen LogP contribution is -2.50. The number of ether oxygens (including phenoxy) is 1. The van der Waals surface area contributed by atoms with Crippen molar-refractivity contribution in [3.05, 3.63) is 77.4 Å². The molecule has 3 aromatic rings. The Hall–Kier alpha value is -4.16. The summed E-state index contributed by atoms with van der Waals surface area (Å²) in [5.74, 6) is 5.43. The number of carbonyl (C=O) groups excluding carboxylic acids is 2. The molecule has 0 unspecified atom stereocenters. The predicted molar refractivity (Wildman–Crippen MR) is 128 cm³/mol. The number of hydrogen-bond donors (Lipinski definition) is 2. The van der Waals surface area contributed by atoms with Crippen LogP contribution in [0.3, 0.4) is 0 Å². The highest BCUT2D eigenvalue weighted by Gasteiger charge is 2.31. The van der Waals surface area contributed by atoms with E-state index in [1.54, 1.807) is 63.6 Å². The molecule has 0 spiro atoms. The minimum absolute atomic E-state index is 0.0552. The van der Waals surface area contributed by atoms with Gasteiger partial charge in [0.1, 0.15) is 29.8 Å². The maximum absolute atomic E-state index is 13.1. The zero-order valence-electron chi connectivity index (χ0n) is 19.6. The average molecular weight is 477 g/mol. The molecule has 0 bridgehead atoms. The first-order valence-corrected chi connectivity index (χ1v) is 11.0. The van der Waals surface area contributed by atoms with Gasteiger partial charge in [0.05, 0.1) is 11.9 Å². The normalized spacial score (nSPS) is 15.4. The highest BCUT2D eigenvalue weighted by atomic mass is 19.1. The fraction of sp³-hybridized carbons (Fsp3) is 0.269. The van der Waals surface area contributed by atoms with Crippen molar-refractivity contribution in [2.75, 3.05) is 18.6 Å². The van der Waals surface area contributed by atoms with Crippen molar-refractivity contribution in [3.8, 4) is 17.6 Å². The molecule has 1 aliphatic heterocycles. The minimum Gasteiger partial charge on any atom is -0.489 e. The van der Waals surface area contributed by atoms with Crippen LogP contribution in [0.15, 0.2) is 54.9 Å². The lowest BCUT2D eigenvalue weighted by atomic mass is 10.1. The molecule has 1 atom stereocenters. The smallest absolute Gasteiger partial charge is 0.342 e. The Bertz CT molecular complexity index is 1320. The molecule has 0 fully saturated rings. The number of likely N-dealkylation sites (N-methyl/N-ethyl adjacent to an activating group) is 1. The van der Waals surface area contributed by atoms with Gasteiger partial charge in [0.2, 0.25) is 0 Å². The summed E-state index contributed by atoms with van der Waals surface area (Å²) in [4.78, 5) is 27.2. The minimum atomic E-state index is -1.15. The standard InChI is InChI=1S/C26H25FN4O4/c1-26(2,34)11-10-18-6-9-23-22(13-18)30(3)24(32)21(16-35-23)29-25(33)31-15-19(14-28-31)12-17-4-7-20(27)8-5-17/h4-9,13-15,21,34H,12,16H2,1-3H3,(H,29,33)/t21-/m1/s1. The van der Waals surface area contributed by atoms with E-state index in [0.717, 1.165) is 15.8 Å². The van der Waals surface area contributed by atoms with Crippen molar-refractivity contribution in [1.29, 1.82) is 0 Å². The molecule has 0 aliphatic carbocycles. The Morgan fingerprint density at radius 1 is 1.26 bits per heavy atom. The highest BCUT2D eigenvalue weighted by molar-refractivity contribution is 6.00. The molecule has 1 aliphatic rings. The number of nitrogens with zero attached hydrogens (tertiary/aromatic N) is 3. The van der Waals surface area contributed by atoms with Gasteiger partial charge in [-0.05, 0) is 55.3 Å². The number of anilines is 1.